The van der Waals surface area contributed by atoms with Gasteiger partial charge in [0.1, 0.15) is 0 Å². The second-order valence-corrected chi connectivity index (χ2v) is 8.70. The molecule has 0 radical (unpaired) electrons. The van der Waals surface area contributed by atoms with Crippen molar-refractivity contribution in [2.75, 3.05) is 29.2 Å². The third-order valence-electron chi connectivity index (χ3n) is 6.02. The number of nitrogens with zero attached hydrogens (tertiary/aromatic N) is 2. The third kappa shape index (κ3) is 6.69. The van der Waals surface area contributed by atoms with E-state index in [9.17, 15) is 14.4 Å². The number of anilines is 3. The van der Waals surface area contributed by atoms with Crippen LogP contribution in [0.2, 0.25) is 0 Å². The Kier molecular flexibility index (Phi) is 8.25. The van der Waals surface area contributed by atoms with Crippen molar-refractivity contribution in [1.82, 2.24) is 0 Å². The van der Waals surface area contributed by atoms with Crippen LogP contribution in [0, 0.1) is 6.92 Å². The van der Waals surface area contributed by atoms with Crippen LogP contribution in [0.5, 0.6) is 0 Å². The van der Waals surface area contributed by atoms with Gasteiger partial charge in [-0.05, 0) is 59.9 Å². The quantitative estimate of drug-likeness (QED) is 0.455. The molecule has 3 aromatic rings. The Bertz CT molecular complexity index is 1210. The van der Waals surface area contributed by atoms with Gasteiger partial charge in [0.05, 0.1) is 12.8 Å². The molecule has 0 spiro atoms. The first-order valence-electron chi connectivity index (χ1n) is 11.4. The van der Waals surface area contributed by atoms with Crippen molar-refractivity contribution in [1.29, 1.82) is 0 Å². The molecule has 0 saturated heterocycles. The van der Waals surface area contributed by atoms with E-state index >= 15 is 0 Å². The van der Waals surface area contributed by atoms with Gasteiger partial charge in [0.2, 0.25) is 5.91 Å². The topological polar surface area (TPSA) is 90.0 Å². The normalized spacial score (nSPS) is 11.4. The Morgan fingerprint density at radius 3 is 2.26 bits per heavy atom. The molecule has 0 fully saturated rings. The Morgan fingerprint density at radius 2 is 1.60 bits per heavy atom. The predicted molar refractivity (Wildman–Crippen MR) is 139 cm³/mol. The van der Waals surface area contributed by atoms with Crippen molar-refractivity contribution in [3.63, 3.8) is 0 Å². The number of aryl methyl sites for hydroxylation is 1. The van der Waals surface area contributed by atoms with Gasteiger partial charge < -0.3 is 15.3 Å². The van der Waals surface area contributed by atoms with Crippen molar-refractivity contribution >= 4 is 35.0 Å². The Labute approximate surface area is 206 Å². The number of carbonyl (C=O) groups is 3. The first kappa shape index (κ1) is 25.5. The number of urea groups is 1. The van der Waals surface area contributed by atoms with Crippen LogP contribution in [0.4, 0.5) is 21.9 Å². The summed E-state index contributed by atoms with van der Waals surface area (Å²) < 4.78 is 0. The molecule has 7 heteroatoms. The third-order valence-corrected chi connectivity index (χ3v) is 6.02. The zero-order valence-corrected chi connectivity index (χ0v) is 20.5. The number of likely N-dealkylation sites (N-methyl/N-ethyl adjacent to an activating group) is 1. The summed E-state index contributed by atoms with van der Waals surface area (Å²) in [6.45, 7) is 3.81. The van der Waals surface area contributed by atoms with Crippen LogP contribution < -0.4 is 15.1 Å². The minimum atomic E-state index is -0.853. The summed E-state index contributed by atoms with van der Waals surface area (Å²) in [7, 11) is 3.43. The first-order valence-corrected chi connectivity index (χ1v) is 11.4. The molecular weight excluding hydrogens is 442 g/mol. The van der Waals surface area contributed by atoms with E-state index in [-0.39, 0.29) is 30.7 Å². The van der Waals surface area contributed by atoms with Crippen molar-refractivity contribution in [2.45, 2.75) is 32.6 Å². The maximum atomic E-state index is 12.9. The Hall–Kier alpha value is -4.13. The number of carboxylic acid groups (broad SMARTS) is 1. The zero-order chi connectivity index (χ0) is 25.5. The van der Waals surface area contributed by atoms with Gasteiger partial charge in [0, 0.05) is 31.2 Å². The van der Waals surface area contributed by atoms with Crippen LogP contribution in [0.25, 0.3) is 0 Å². The molecule has 7 nitrogen and oxygen atoms in total. The molecular formula is C28H31N3O4. The summed E-state index contributed by atoms with van der Waals surface area (Å²) in [5, 5.41) is 11.9. The van der Waals surface area contributed by atoms with Crippen LogP contribution in [-0.2, 0) is 16.0 Å². The lowest BCUT2D eigenvalue weighted by molar-refractivity contribution is -0.137. The zero-order valence-electron chi connectivity index (χ0n) is 20.5. The number of nitrogens with one attached hydrogen (secondary N) is 1. The standard InChI is InChI=1S/C28H31N3O4/c1-19-8-5-6-11-25(19)31(4)28(35)29-23-14-12-21(13-15-23)17-26(32)30(3)24-10-7-9-22(18-24)20(2)16-27(33)34/h5-15,18,20H,16-17H2,1-4H3,(H,29,35)(H,33,34). The maximum Gasteiger partial charge on any atom is 0.326 e. The lowest BCUT2D eigenvalue weighted by Gasteiger charge is -2.20. The lowest BCUT2D eigenvalue weighted by atomic mass is 9.97. The average Bonchev–Trinajstić information content (AvgIpc) is 2.84. The molecule has 0 aliphatic heterocycles. The number of amides is 3. The van der Waals surface area contributed by atoms with Crippen molar-refractivity contribution in [3.05, 3.63) is 89.5 Å². The SMILES string of the molecule is Cc1ccccc1N(C)C(=O)Nc1ccc(CC(=O)N(C)c2cccc(C(C)CC(=O)O)c2)cc1. The molecule has 3 amide bonds. The van der Waals surface area contributed by atoms with Crippen LogP contribution in [0.3, 0.4) is 0 Å². The highest BCUT2D eigenvalue weighted by atomic mass is 16.4. The van der Waals surface area contributed by atoms with Crippen molar-refractivity contribution in [2.24, 2.45) is 0 Å². The van der Waals surface area contributed by atoms with E-state index in [1.165, 1.54) is 0 Å². The molecule has 182 valence electrons. The number of para-hydroxylation sites is 1. The molecule has 35 heavy (non-hydrogen) atoms. The molecule has 0 saturated carbocycles. The largest absolute Gasteiger partial charge is 0.481 e. The number of benzene rings is 3. The van der Waals surface area contributed by atoms with Gasteiger partial charge in [-0.3, -0.25) is 14.5 Å². The van der Waals surface area contributed by atoms with Crippen LogP contribution in [-0.4, -0.2) is 37.1 Å². The maximum absolute atomic E-state index is 12.9. The Balaban J connectivity index is 1.61. The number of aliphatic carboxylic acids is 1. The molecule has 0 bridgehead atoms. The summed E-state index contributed by atoms with van der Waals surface area (Å²) in [6.07, 6.45) is 0.230. The summed E-state index contributed by atoms with van der Waals surface area (Å²) >= 11 is 0. The number of carbonyl (C=O) groups excluding carboxylic acids is 2. The van der Waals surface area contributed by atoms with E-state index in [1.54, 1.807) is 36.0 Å². The minimum absolute atomic E-state index is 0.0325. The predicted octanol–water partition coefficient (Wildman–Crippen LogP) is 5.45. The number of carboxylic acids is 1. The monoisotopic (exact) mass is 473 g/mol. The van der Waals surface area contributed by atoms with Gasteiger partial charge in [-0.15, -0.1) is 0 Å². The summed E-state index contributed by atoms with van der Waals surface area (Å²) in [5.41, 5.74) is 4.89. The fourth-order valence-electron chi connectivity index (χ4n) is 3.82. The van der Waals surface area contributed by atoms with E-state index in [4.69, 9.17) is 5.11 Å². The highest BCUT2D eigenvalue weighted by molar-refractivity contribution is 6.01. The summed E-state index contributed by atoms with van der Waals surface area (Å²) in [4.78, 5) is 39.7. The fraction of sp³-hybridized carbons (Fsp3) is 0.250. The summed E-state index contributed by atoms with van der Waals surface area (Å²) in [6, 6.07) is 22.0. The molecule has 1 atom stereocenters. The van der Waals surface area contributed by atoms with Crippen LogP contribution >= 0.6 is 0 Å². The van der Waals surface area contributed by atoms with Gasteiger partial charge in [0.25, 0.3) is 0 Å². The van der Waals surface area contributed by atoms with Crippen LogP contribution in [0.1, 0.15) is 36.0 Å². The molecule has 0 heterocycles. The van der Waals surface area contributed by atoms with Crippen molar-refractivity contribution in [3.8, 4) is 0 Å². The van der Waals surface area contributed by atoms with E-state index in [0.717, 1.165) is 22.4 Å². The molecule has 2 N–H and O–H groups in total. The average molecular weight is 474 g/mol. The second-order valence-electron chi connectivity index (χ2n) is 8.70. The molecule has 0 aliphatic carbocycles. The molecule has 0 aliphatic rings. The first-order chi connectivity index (χ1) is 16.7. The molecule has 0 aromatic heterocycles. The second kappa shape index (κ2) is 11.3. The van der Waals surface area contributed by atoms with Gasteiger partial charge >= 0.3 is 12.0 Å². The summed E-state index contributed by atoms with van der Waals surface area (Å²) in [5.74, 6) is -1.10. The number of hydrogen-bond donors (Lipinski definition) is 2. The smallest absolute Gasteiger partial charge is 0.326 e. The van der Waals surface area contributed by atoms with Gasteiger partial charge in [0.15, 0.2) is 0 Å². The fourth-order valence-corrected chi connectivity index (χ4v) is 3.82. The number of hydrogen-bond acceptors (Lipinski definition) is 3. The highest BCUT2D eigenvalue weighted by Crippen LogP contribution is 2.24. The number of rotatable bonds is 8. The van der Waals surface area contributed by atoms with E-state index in [1.807, 2.05) is 74.5 Å². The van der Waals surface area contributed by atoms with E-state index in [0.29, 0.717) is 11.4 Å². The van der Waals surface area contributed by atoms with Crippen molar-refractivity contribution < 1.29 is 19.5 Å². The minimum Gasteiger partial charge on any atom is -0.481 e. The van der Waals surface area contributed by atoms with Gasteiger partial charge in [-0.1, -0.05) is 49.4 Å². The van der Waals surface area contributed by atoms with E-state index in [2.05, 4.69) is 5.32 Å². The highest BCUT2D eigenvalue weighted by Gasteiger charge is 2.16. The molecule has 1 unspecified atom stereocenters. The Morgan fingerprint density at radius 1 is 0.914 bits per heavy atom. The van der Waals surface area contributed by atoms with Gasteiger partial charge in [-0.2, -0.15) is 0 Å². The van der Waals surface area contributed by atoms with Gasteiger partial charge in [-0.25, -0.2) is 4.79 Å². The molecule has 3 aromatic carbocycles. The van der Waals surface area contributed by atoms with E-state index < -0.39 is 5.97 Å². The van der Waals surface area contributed by atoms with Crippen LogP contribution in [0.15, 0.2) is 72.8 Å². The molecule has 3 rings (SSSR count). The lowest BCUT2D eigenvalue weighted by Crippen LogP contribution is -2.31.